The molecule has 3 aromatic rings. The van der Waals surface area contributed by atoms with Gasteiger partial charge in [-0.15, -0.1) is 0 Å². The topological polar surface area (TPSA) is 77.6 Å². The van der Waals surface area contributed by atoms with Gasteiger partial charge >= 0.3 is 0 Å². The number of fused-ring (bicyclic) bond motifs is 1. The summed E-state index contributed by atoms with van der Waals surface area (Å²) in [5.41, 5.74) is 9.05. The molecule has 0 bridgehead atoms. The normalized spacial score (nSPS) is 10.7. The summed E-state index contributed by atoms with van der Waals surface area (Å²) in [5.74, 6) is 0.666. The third-order valence-electron chi connectivity index (χ3n) is 2.67. The van der Waals surface area contributed by atoms with Gasteiger partial charge in [0.1, 0.15) is 0 Å². The third kappa shape index (κ3) is 1.91. The summed E-state index contributed by atoms with van der Waals surface area (Å²) >= 11 is 0. The molecular weight excluding hydrogens is 226 g/mol. The second-order valence-corrected chi connectivity index (χ2v) is 3.88. The first-order valence-electron chi connectivity index (χ1n) is 5.59. The molecule has 0 spiro atoms. The minimum atomic E-state index is 0.448. The van der Waals surface area contributed by atoms with Gasteiger partial charge in [-0.1, -0.05) is 0 Å². The predicted molar refractivity (Wildman–Crippen MR) is 68.5 cm³/mol. The Labute approximate surface area is 104 Å². The minimum Gasteiger partial charge on any atom is -0.326 e. The molecule has 2 aromatic heterocycles. The van der Waals surface area contributed by atoms with Gasteiger partial charge in [-0.25, -0.2) is 9.97 Å². The Bertz CT molecular complexity index is 678. The van der Waals surface area contributed by atoms with Crippen molar-refractivity contribution in [2.45, 2.75) is 6.54 Å². The van der Waals surface area contributed by atoms with E-state index in [-0.39, 0.29) is 0 Å². The Morgan fingerprint density at radius 3 is 2.33 bits per heavy atom. The molecule has 3 rings (SSSR count). The number of aromatic nitrogens is 4. The van der Waals surface area contributed by atoms with Crippen LogP contribution in [0.15, 0.2) is 43.0 Å². The lowest BCUT2D eigenvalue weighted by Gasteiger charge is -2.02. The van der Waals surface area contributed by atoms with E-state index in [4.69, 9.17) is 5.73 Å². The molecule has 0 radical (unpaired) electrons. The van der Waals surface area contributed by atoms with Gasteiger partial charge in [0, 0.05) is 42.5 Å². The molecule has 0 fully saturated rings. The van der Waals surface area contributed by atoms with Crippen LogP contribution in [0.4, 0.5) is 0 Å². The van der Waals surface area contributed by atoms with Crippen molar-refractivity contribution in [3.63, 3.8) is 0 Å². The maximum atomic E-state index is 5.51. The van der Waals surface area contributed by atoms with Crippen LogP contribution in [0.5, 0.6) is 0 Å². The van der Waals surface area contributed by atoms with Crippen molar-refractivity contribution in [1.29, 1.82) is 0 Å². The number of rotatable bonds is 2. The molecule has 0 aliphatic carbocycles. The Morgan fingerprint density at radius 2 is 1.61 bits per heavy atom. The highest BCUT2D eigenvalue weighted by Crippen LogP contribution is 2.18. The van der Waals surface area contributed by atoms with Crippen LogP contribution in [0.3, 0.4) is 0 Å². The van der Waals surface area contributed by atoms with Gasteiger partial charge in [-0.3, -0.25) is 9.97 Å². The van der Waals surface area contributed by atoms with Crippen LogP contribution in [0.1, 0.15) is 5.56 Å². The molecule has 0 atom stereocenters. The first-order valence-corrected chi connectivity index (χ1v) is 5.59. The molecule has 5 nitrogen and oxygen atoms in total. The lowest BCUT2D eigenvalue weighted by molar-refractivity contribution is 1.01. The van der Waals surface area contributed by atoms with E-state index in [2.05, 4.69) is 19.9 Å². The molecule has 5 heteroatoms. The summed E-state index contributed by atoms with van der Waals surface area (Å²) in [4.78, 5) is 17.1. The van der Waals surface area contributed by atoms with Crippen LogP contribution in [-0.2, 0) is 6.54 Å². The van der Waals surface area contributed by atoms with Crippen molar-refractivity contribution in [3.05, 3.63) is 48.5 Å². The molecule has 0 saturated carbocycles. The van der Waals surface area contributed by atoms with Crippen molar-refractivity contribution in [2.75, 3.05) is 0 Å². The molecule has 1 aromatic carbocycles. The van der Waals surface area contributed by atoms with E-state index >= 15 is 0 Å². The number of hydrogen-bond donors (Lipinski definition) is 1. The Hall–Kier alpha value is -2.40. The number of nitrogens with zero attached hydrogens (tertiary/aromatic N) is 4. The highest BCUT2D eigenvalue weighted by atomic mass is 14.9. The molecule has 0 aliphatic rings. The van der Waals surface area contributed by atoms with Crippen LogP contribution in [0, 0.1) is 0 Å². The average Bonchev–Trinajstić information content (AvgIpc) is 2.47. The van der Waals surface area contributed by atoms with Crippen molar-refractivity contribution in [1.82, 2.24) is 19.9 Å². The molecule has 0 saturated heterocycles. The Morgan fingerprint density at radius 1 is 0.889 bits per heavy atom. The quantitative estimate of drug-likeness (QED) is 0.731. The fourth-order valence-electron chi connectivity index (χ4n) is 1.71. The molecule has 0 aliphatic heterocycles. The van der Waals surface area contributed by atoms with E-state index < -0.39 is 0 Å². The minimum absolute atomic E-state index is 0.448. The third-order valence-corrected chi connectivity index (χ3v) is 2.67. The summed E-state index contributed by atoms with van der Waals surface area (Å²) in [7, 11) is 0. The SMILES string of the molecule is NCc1cnc(-c2ccc3nccnc3c2)nc1. The number of benzene rings is 1. The van der Waals surface area contributed by atoms with Gasteiger partial charge in [-0.05, 0) is 18.2 Å². The van der Waals surface area contributed by atoms with Gasteiger partial charge in [-0.2, -0.15) is 0 Å². The van der Waals surface area contributed by atoms with E-state index in [1.165, 1.54) is 0 Å². The molecule has 88 valence electrons. The number of nitrogens with two attached hydrogens (primary N) is 1. The van der Waals surface area contributed by atoms with Gasteiger partial charge in [0.15, 0.2) is 5.82 Å². The second kappa shape index (κ2) is 4.46. The van der Waals surface area contributed by atoms with Crippen molar-refractivity contribution >= 4 is 11.0 Å². The van der Waals surface area contributed by atoms with Gasteiger partial charge < -0.3 is 5.73 Å². The lowest BCUT2D eigenvalue weighted by Crippen LogP contribution is -1.99. The molecule has 2 N–H and O–H groups in total. The van der Waals surface area contributed by atoms with Gasteiger partial charge in [0.25, 0.3) is 0 Å². The van der Waals surface area contributed by atoms with Crippen LogP contribution < -0.4 is 5.73 Å². The lowest BCUT2D eigenvalue weighted by atomic mass is 10.2. The monoisotopic (exact) mass is 237 g/mol. The van der Waals surface area contributed by atoms with E-state index in [1.807, 2.05) is 18.2 Å². The highest BCUT2D eigenvalue weighted by molar-refractivity contribution is 5.79. The zero-order valence-electron chi connectivity index (χ0n) is 9.61. The summed E-state index contributed by atoms with van der Waals surface area (Å²) in [5, 5.41) is 0. The molecule has 0 unspecified atom stereocenters. The first-order chi connectivity index (χ1) is 8.86. The highest BCUT2D eigenvalue weighted by Gasteiger charge is 2.03. The van der Waals surface area contributed by atoms with E-state index in [9.17, 15) is 0 Å². The smallest absolute Gasteiger partial charge is 0.159 e. The van der Waals surface area contributed by atoms with Crippen molar-refractivity contribution < 1.29 is 0 Å². The Kier molecular flexibility index (Phi) is 2.66. The molecular formula is C13H11N5. The van der Waals surface area contributed by atoms with E-state index in [0.29, 0.717) is 12.4 Å². The molecule has 2 heterocycles. The van der Waals surface area contributed by atoms with Crippen molar-refractivity contribution in [3.8, 4) is 11.4 Å². The van der Waals surface area contributed by atoms with Crippen LogP contribution in [0.25, 0.3) is 22.4 Å². The van der Waals surface area contributed by atoms with E-state index in [1.54, 1.807) is 24.8 Å². The molecule has 0 amide bonds. The summed E-state index contributed by atoms with van der Waals surface area (Å²) in [6, 6.07) is 5.78. The maximum absolute atomic E-state index is 5.51. The fourth-order valence-corrected chi connectivity index (χ4v) is 1.71. The fraction of sp³-hybridized carbons (Fsp3) is 0.0769. The first kappa shape index (κ1) is 10.7. The van der Waals surface area contributed by atoms with Crippen molar-refractivity contribution in [2.24, 2.45) is 5.73 Å². The summed E-state index contributed by atoms with van der Waals surface area (Å²) < 4.78 is 0. The van der Waals surface area contributed by atoms with Crippen LogP contribution >= 0.6 is 0 Å². The van der Waals surface area contributed by atoms with Crippen LogP contribution in [-0.4, -0.2) is 19.9 Å². The predicted octanol–water partition coefficient (Wildman–Crippen LogP) is 1.55. The standard InChI is InChI=1S/C13H11N5/c14-6-9-7-17-13(18-8-9)10-1-2-11-12(5-10)16-4-3-15-11/h1-5,7-8H,6,14H2. The zero-order chi connectivity index (χ0) is 12.4. The summed E-state index contributed by atoms with van der Waals surface area (Å²) in [6.07, 6.45) is 6.82. The zero-order valence-corrected chi connectivity index (χ0v) is 9.61. The molecule has 18 heavy (non-hydrogen) atoms. The number of hydrogen-bond acceptors (Lipinski definition) is 5. The van der Waals surface area contributed by atoms with E-state index in [0.717, 1.165) is 22.2 Å². The van der Waals surface area contributed by atoms with Crippen LogP contribution in [0.2, 0.25) is 0 Å². The average molecular weight is 237 g/mol. The van der Waals surface area contributed by atoms with Gasteiger partial charge in [0.05, 0.1) is 11.0 Å². The second-order valence-electron chi connectivity index (χ2n) is 3.88. The van der Waals surface area contributed by atoms with Gasteiger partial charge in [0.2, 0.25) is 0 Å². The maximum Gasteiger partial charge on any atom is 0.159 e. The Balaban J connectivity index is 2.07. The largest absolute Gasteiger partial charge is 0.326 e. The summed E-state index contributed by atoms with van der Waals surface area (Å²) in [6.45, 7) is 0.448.